The van der Waals surface area contributed by atoms with E-state index < -0.39 is 195 Å². The number of nitrogens with zero attached hydrogens (tertiary/aromatic N) is 3. The first-order valence-electron chi connectivity index (χ1n) is 21.8. The zero-order valence-electron chi connectivity index (χ0n) is 38.8. The molecule has 8 rings (SSSR count). The molecule has 0 bridgehead atoms. The number of aromatic nitrogens is 2. The lowest BCUT2D eigenvalue weighted by Crippen LogP contribution is -2.75. The summed E-state index contributed by atoms with van der Waals surface area (Å²) >= 11 is 0. The smallest absolute Gasteiger partial charge is 0.252 e. The van der Waals surface area contributed by atoms with Gasteiger partial charge in [0, 0.05) is 26.3 Å². The van der Waals surface area contributed by atoms with Crippen LogP contribution in [0.2, 0.25) is 0 Å². The van der Waals surface area contributed by atoms with Gasteiger partial charge in [-0.15, -0.1) is 0 Å². The summed E-state index contributed by atoms with van der Waals surface area (Å²) in [5.41, 5.74) is -29.5. The van der Waals surface area contributed by atoms with Crippen LogP contribution in [0.1, 0.15) is 50.1 Å². The van der Waals surface area contributed by atoms with Crippen molar-refractivity contribution in [2.24, 2.45) is 0 Å². The highest BCUT2D eigenvalue weighted by molar-refractivity contribution is 7.20. The second-order valence-electron chi connectivity index (χ2n) is 17.3. The first kappa shape index (κ1) is 59.5. The number of rotatable bonds is 6. The number of benzene rings is 7. The molecule has 4 nitrogen and oxygen atoms in total. The van der Waals surface area contributed by atoms with Crippen LogP contribution < -0.4 is 31.4 Å². The van der Waals surface area contributed by atoms with E-state index in [-0.39, 0.29) is 0 Å². The monoisotopic (exact) mass is 1160 g/mol. The molecule has 0 aliphatic heterocycles. The third-order valence-corrected chi connectivity index (χ3v) is 12.2. The molecule has 29 heteroatoms. The van der Waals surface area contributed by atoms with Crippen molar-refractivity contribution >= 4 is 49.5 Å². The van der Waals surface area contributed by atoms with Crippen LogP contribution in [0.5, 0.6) is 5.75 Å². The number of nitriles is 1. The van der Waals surface area contributed by atoms with Crippen LogP contribution >= 0.6 is 0 Å². The molecule has 0 spiro atoms. The molecule has 0 unspecified atom stereocenters. The first-order valence-corrected chi connectivity index (χ1v) is 21.8. The summed E-state index contributed by atoms with van der Waals surface area (Å²) in [6, 6.07) is 9.12. The van der Waals surface area contributed by atoms with Gasteiger partial charge in [0.15, 0.2) is 0 Å². The first-order chi connectivity index (χ1) is 36.6. The Morgan fingerprint density at radius 3 is 0.787 bits per heavy atom. The van der Waals surface area contributed by atoms with Crippen LogP contribution in [-0.2, 0) is 49.4 Å². The van der Waals surface area contributed by atoms with Gasteiger partial charge >= 0.3 is 49.4 Å². The Morgan fingerprint density at radius 2 is 0.575 bits per heavy atom. The van der Waals surface area contributed by atoms with Gasteiger partial charge in [0.05, 0.1) is 62.5 Å². The van der Waals surface area contributed by atoms with Gasteiger partial charge in [-0.3, -0.25) is 4.98 Å². The van der Waals surface area contributed by atoms with Gasteiger partial charge in [-0.2, -0.15) is 132 Å². The average Bonchev–Trinajstić information content (AvgIpc) is 3.36. The van der Waals surface area contributed by atoms with Gasteiger partial charge in [0.25, 0.3) is 0 Å². The molecule has 0 N–H and O–H groups in total. The maximum absolute atomic E-state index is 14.2. The van der Waals surface area contributed by atoms with Crippen molar-refractivity contribution in [1.29, 1.82) is 5.26 Å². The zero-order valence-corrected chi connectivity index (χ0v) is 38.8. The summed E-state index contributed by atoms with van der Waals surface area (Å²) in [4.78, 5) is 10.1. The summed E-state index contributed by atoms with van der Waals surface area (Å²) in [6.45, 7) is 0. The van der Waals surface area contributed by atoms with E-state index in [0.717, 1.165) is 27.3 Å². The van der Waals surface area contributed by atoms with Crippen LogP contribution in [0, 0.1) is 11.3 Å². The largest absolute Gasteiger partial charge is 0.416 e. The standard InChI is InChI=1S/C32H12BF24.C19H12N3O/c34-25(35,36)13-1-14(26(37,38)39)6-21(5-13)33(22-7-15(27(40,41)42)2-16(8-22)28(43,44)45,23-9-17(29(46,47)48)3-18(10-23)30(49,50)51)24-11-19(31(52,53)54)4-20(12-24)32(55,56)57;20-13-18-14-5-1-3-7-16(14)19(17-8-4-2-6-15(17)18)23-22-11-9-21-10-12-22/h1-12H;1-12H/q-1;+1. The summed E-state index contributed by atoms with van der Waals surface area (Å²) in [6.07, 6.45) is -48.0. The Hall–Kier alpha value is -8.19. The molecular formula is C51H24BF24N3O. The topological polar surface area (TPSA) is 49.8 Å². The Balaban J connectivity index is 0.000000329. The summed E-state index contributed by atoms with van der Waals surface area (Å²) in [5, 5.41) is 13.2. The van der Waals surface area contributed by atoms with Crippen LogP contribution in [-0.4, -0.2) is 11.1 Å². The molecule has 0 amide bonds. The maximum Gasteiger partial charge on any atom is 0.416 e. The third kappa shape index (κ3) is 12.3. The number of alkyl halides is 24. The molecular weight excluding hydrogens is 1140 g/mol. The van der Waals surface area contributed by atoms with Crippen molar-refractivity contribution in [2.75, 3.05) is 0 Å². The second-order valence-corrected chi connectivity index (χ2v) is 17.3. The SMILES string of the molecule is FC(F)(F)c1cc([B-](c2cc(C(F)(F)F)cc(C(F)(F)F)c2)(c2cc(C(F)(F)F)cc(C(F)(F)F)c2)c2cc(C(F)(F)F)cc(C(F)(F)F)c2)cc(C(F)(F)F)c1.N#Cc1c2ccccc2c(O[n+]2ccncc2)c2ccccc12. The molecule has 0 saturated heterocycles. The van der Waals surface area contributed by atoms with Crippen molar-refractivity contribution < 1.29 is 115 Å². The van der Waals surface area contributed by atoms with E-state index in [9.17, 15) is 111 Å². The van der Waals surface area contributed by atoms with Crippen molar-refractivity contribution in [3.8, 4) is 11.8 Å². The molecule has 420 valence electrons. The molecule has 0 atom stereocenters. The maximum atomic E-state index is 14.2. The quantitative estimate of drug-likeness (QED) is 0.0721. The molecule has 0 fully saturated rings. The fourth-order valence-electron chi connectivity index (χ4n) is 8.85. The minimum absolute atomic E-state index is 0.670. The van der Waals surface area contributed by atoms with Gasteiger partial charge in [-0.1, -0.05) is 97.1 Å². The molecule has 0 aliphatic rings. The van der Waals surface area contributed by atoms with Crippen LogP contribution in [0.3, 0.4) is 0 Å². The van der Waals surface area contributed by atoms with E-state index >= 15 is 0 Å². The molecule has 7 aromatic carbocycles. The van der Waals surface area contributed by atoms with Crippen molar-refractivity contribution in [2.45, 2.75) is 49.4 Å². The molecule has 0 radical (unpaired) electrons. The Bertz CT molecular complexity index is 3170. The van der Waals surface area contributed by atoms with Gasteiger partial charge in [0.2, 0.25) is 18.1 Å². The summed E-state index contributed by atoms with van der Waals surface area (Å²) < 4.78 is 342. The number of hydrogen-bond acceptors (Lipinski definition) is 3. The van der Waals surface area contributed by atoms with Gasteiger partial charge in [0.1, 0.15) is 12.2 Å². The Kier molecular flexibility index (Phi) is 15.2. The molecule has 80 heavy (non-hydrogen) atoms. The predicted octanol–water partition coefficient (Wildman–Crippen LogP) is 14.6. The molecule has 0 saturated carbocycles. The number of halogens is 24. The van der Waals surface area contributed by atoms with Crippen LogP contribution in [0.15, 0.2) is 146 Å². The predicted molar refractivity (Wildman–Crippen MR) is 237 cm³/mol. The van der Waals surface area contributed by atoms with Crippen LogP contribution in [0.25, 0.3) is 21.5 Å². The average molecular weight is 1160 g/mol. The molecule has 0 aliphatic carbocycles. The highest BCUT2D eigenvalue weighted by Gasteiger charge is 2.47. The van der Waals surface area contributed by atoms with Crippen molar-refractivity contribution in [1.82, 2.24) is 4.98 Å². The van der Waals surface area contributed by atoms with Crippen molar-refractivity contribution in [3.63, 3.8) is 0 Å². The minimum Gasteiger partial charge on any atom is -0.252 e. The highest BCUT2D eigenvalue weighted by atomic mass is 19.4. The fraction of sp³-hybridized carbons (Fsp3) is 0.157. The second kappa shape index (κ2) is 20.5. The molecule has 1 heterocycles. The molecule has 1 aromatic heterocycles. The highest BCUT2D eigenvalue weighted by Crippen LogP contribution is 2.42. The Morgan fingerprint density at radius 1 is 0.350 bits per heavy atom. The fourth-order valence-corrected chi connectivity index (χ4v) is 8.85. The Labute approximate surface area is 431 Å². The summed E-state index contributed by atoms with van der Waals surface area (Å²) in [7, 11) is 0. The van der Waals surface area contributed by atoms with Gasteiger partial charge in [-0.25, -0.2) is 4.84 Å². The van der Waals surface area contributed by atoms with E-state index in [1.807, 2.05) is 48.5 Å². The van der Waals surface area contributed by atoms with Gasteiger partial charge in [-0.05, 0) is 24.3 Å². The third-order valence-electron chi connectivity index (χ3n) is 12.2. The normalized spacial score (nSPS) is 13.2. The van der Waals surface area contributed by atoms with E-state index in [2.05, 4.69) is 11.1 Å². The van der Waals surface area contributed by atoms with Crippen LogP contribution in [0.4, 0.5) is 105 Å². The lowest BCUT2D eigenvalue weighted by molar-refractivity contribution is -0.874. The lowest BCUT2D eigenvalue weighted by Gasteiger charge is -2.46. The van der Waals surface area contributed by atoms with Crippen molar-refractivity contribution in [3.05, 3.63) is 196 Å². The van der Waals surface area contributed by atoms with E-state index in [1.165, 1.54) is 0 Å². The lowest BCUT2D eigenvalue weighted by atomic mass is 9.12. The van der Waals surface area contributed by atoms with Gasteiger partial charge < -0.3 is 0 Å². The minimum atomic E-state index is -6.13. The molecule has 8 aromatic rings. The van der Waals surface area contributed by atoms with E-state index in [0.29, 0.717) is 5.56 Å². The van der Waals surface area contributed by atoms with E-state index in [4.69, 9.17) is 4.84 Å². The number of hydrogen-bond donors (Lipinski definition) is 0. The zero-order chi connectivity index (χ0) is 59.6. The summed E-state index contributed by atoms with van der Waals surface area (Å²) in [5.74, 6) is 0.728. The van der Waals surface area contributed by atoms with E-state index in [1.54, 1.807) is 29.5 Å². The number of fused-ring (bicyclic) bond motifs is 2.